The Morgan fingerprint density at radius 1 is 1.20 bits per heavy atom. The number of benzene rings is 1. The van der Waals surface area contributed by atoms with Crippen molar-refractivity contribution in [3.63, 3.8) is 0 Å². The number of hydrogen-bond acceptors (Lipinski definition) is 4. The molecule has 5 heteroatoms. The molecule has 0 aliphatic heterocycles. The summed E-state index contributed by atoms with van der Waals surface area (Å²) in [5.74, 6) is 0.983. The van der Waals surface area contributed by atoms with Gasteiger partial charge in [0.15, 0.2) is 5.78 Å². The first-order valence-electron chi connectivity index (χ1n) is 5.84. The van der Waals surface area contributed by atoms with Crippen LogP contribution in [-0.4, -0.2) is 20.0 Å². The van der Waals surface area contributed by atoms with Gasteiger partial charge in [-0.25, -0.2) is 0 Å². The number of halogens is 1. The summed E-state index contributed by atoms with van der Waals surface area (Å²) in [6, 6.07) is 8.77. The number of thiophene rings is 1. The lowest BCUT2D eigenvalue weighted by molar-refractivity contribution is 0.104. The molecule has 104 valence electrons. The zero-order valence-electron chi connectivity index (χ0n) is 11.1. The summed E-state index contributed by atoms with van der Waals surface area (Å²) in [7, 11) is 3.08. The van der Waals surface area contributed by atoms with Gasteiger partial charge in [-0.2, -0.15) is 0 Å². The van der Waals surface area contributed by atoms with Crippen molar-refractivity contribution in [1.29, 1.82) is 0 Å². The third-order valence-corrected chi connectivity index (χ3v) is 3.86. The maximum atomic E-state index is 12.2. The first-order chi connectivity index (χ1) is 9.63. The van der Waals surface area contributed by atoms with Crippen molar-refractivity contribution in [3.05, 3.63) is 51.2 Å². The highest BCUT2D eigenvalue weighted by Gasteiger charge is 2.11. The molecule has 20 heavy (non-hydrogen) atoms. The highest BCUT2D eigenvalue weighted by molar-refractivity contribution is 7.17. The second-order valence-corrected chi connectivity index (χ2v) is 5.65. The molecule has 1 heterocycles. The molecule has 2 aromatic rings. The van der Waals surface area contributed by atoms with E-state index in [0.29, 0.717) is 21.4 Å². The fourth-order valence-corrected chi connectivity index (χ4v) is 2.64. The molecule has 0 aliphatic carbocycles. The molecule has 0 saturated heterocycles. The number of ketones is 1. The van der Waals surface area contributed by atoms with E-state index in [1.807, 2.05) is 6.07 Å². The van der Waals surface area contributed by atoms with Crippen LogP contribution in [0.5, 0.6) is 11.5 Å². The standard InChI is InChI=1S/C15H13ClO3S/c1-18-10-3-7-14(19-2)12(9-10)13(17)6-4-11-5-8-15(16)20-11/h3-9H,1-2H3. The first-order valence-corrected chi connectivity index (χ1v) is 7.03. The summed E-state index contributed by atoms with van der Waals surface area (Å²) in [6.45, 7) is 0. The summed E-state index contributed by atoms with van der Waals surface area (Å²) in [5.41, 5.74) is 0.464. The predicted molar refractivity (Wildman–Crippen MR) is 82.2 cm³/mol. The van der Waals surface area contributed by atoms with Crippen molar-refractivity contribution in [1.82, 2.24) is 0 Å². The number of allylic oxidation sites excluding steroid dienone is 1. The van der Waals surface area contributed by atoms with Gasteiger partial charge in [0.25, 0.3) is 0 Å². The van der Waals surface area contributed by atoms with Crippen molar-refractivity contribution in [2.75, 3.05) is 14.2 Å². The quantitative estimate of drug-likeness (QED) is 0.610. The number of carbonyl (C=O) groups is 1. The molecule has 0 radical (unpaired) electrons. The molecule has 0 bridgehead atoms. The number of carbonyl (C=O) groups excluding carboxylic acids is 1. The van der Waals surface area contributed by atoms with Crippen LogP contribution in [0.2, 0.25) is 4.34 Å². The minimum absolute atomic E-state index is 0.148. The Hall–Kier alpha value is -1.78. The molecule has 0 atom stereocenters. The van der Waals surface area contributed by atoms with Crippen LogP contribution in [0.1, 0.15) is 15.2 Å². The molecular weight excluding hydrogens is 296 g/mol. The van der Waals surface area contributed by atoms with E-state index in [9.17, 15) is 4.79 Å². The second-order valence-electron chi connectivity index (χ2n) is 3.91. The third-order valence-electron chi connectivity index (χ3n) is 2.67. The Kier molecular flexibility index (Phi) is 4.82. The van der Waals surface area contributed by atoms with Gasteiger partial charge in [0.05, 0.1) is 24.1 Å². The Morgan fingerprint density at radius 2 is 2.00 bits per heavy atom. The van der Waals surface area contributed by atoms with Crippen LogP contribution in [0.3, 0.4) is 0 Å². The molecule has 0 spiro atoms. The Balaban J connectivity index is 2.26. The van der Waals surface area contributed by atoms with Crippen molar-refractivity contribution < 1.29 is 14.3 Å². The third kappa shape index (κ3) is 3.40. The molecule has 1 aromatic carbocycles. The van der Waals surface area contributed by atoms with Gasteiger partial charge in [0.2, 0.25) is 0 Å². The Morgan fingerprint density at radius 3 is 2.60 bits per heavy atom. The first kappa shape index (κ1) is 14.6. The molecule has 0 amide bonds. The zero-order chi connectivity index (χ0) is 14.5. The van der Waals surface area contributed by atoms with E-state index < -0.39 is 0 Å². The lowest BCUT2D eigenvalue weighted by Gasteiger charge is -2.07. The monoisotopic (exact) mass is 308 g/mol. The van der Waals surface area contributed by atoms with Gasteiger partial charge in [-0.1, -0.05) is 11.6 Å². The van der Waals surface area contributed by atoms with Crippen LogP contribution >= 0.6 is 22.9 Å². The second kappa shape index (κ2) is 6.59. The van der Waals surface area contributed by atoms with Gasteiger partial charge < -0.3 is 9.47 Å². The molecule has 0 fully saturated rings. The maximum absolute atomic E-state index is 12.2. The van der Waals surface area contributed by atoms with Gasteiger partial charge in [0, 0.05) is 4.88 Å². The topological polar surface area (TPSA) is 35.5 Å². The Labute approximate surface area is 126 Å². The minimum Gasteiger partial charge on any atom is -0.497 e. The maximum Gasteiger partial charge on any atom is 0.189 e. The molecule has 0 saturated carbocycles. The average molecular weight is 309 g/mol. The van der Waals surface area contributed by atoms with Crippen LogP contribution in [-0.2, 0) is 0 Å². The SMILES string of the molecule is COc1ccc(OC)c(C(=O)C=Cc2ccc(Cl)s2)c1. The normalized spacial score (nSPS) is 10.8. The zero-order valence-corrected chi connectivity index (χ0v) is 12.6. The van der Waals surface area contributed by atoms with Gasteiger partial charge in [-0.05, 0) is 42.5 Å². The van der Waals surface area contributed by atoms with E-state index in [1.165, 1.54) is 24.5 Å². The summed E-state index contributed by atoms with van der Waals surface area (Å²) in [4.78, 5) is 13.1. The predicted octanol–water partition coefficient (Wildman–Crippen LogP) is 4.31. The summed E-state index contributed by atoms with van der Waals surface area (Å²) in [6.07, 6.45) is 3.23. The van der Waals surface area contributed by atoms with E-state index in [1.54, 1.807) is 37.5 Å². The van der Waals surface area contributed by atoms with Crippen molar-refractivity contribution in [3.8, 4) is 11.5 Å². The van der Waals surface area contributed by atoms with Gasteiger partial charge in [-0.15, -0.1) is 11.3 Å². The van der Waals surface area contributed by atoms with E-state index in [4.69, 9.17) is 21.1 Å². The fourth-order valence-electron chi connectivity index (χ4n) is 1.67. The molecule has 3 nitrogen and oxygen atoms in total. The van der Waals surface area contributed by atoms with Crippen LogP contribution in [0.25, 0.3) is 6.08 Å². The van der Waals surface area contributed by atoms with E-state index in [-0.39, 0.29) is 5.78 Å². The van der Waals surface area contributed by atoms with E-state index >= 15 is 0 Å². The summed E-state index contributed by atoms with van der Waals surface area (Å²) in [5, 5.41) is 0. The number of ether oxygens (including phenoxy) is 2. The fraction of sp³-hybridized carbons (Fsp3) is 0.133. The van der Waals surface area contributed by atoms with E-state index in [2.05, 4.69) is 0 Å². The molecule has 0 N–H and O–H groups in total. The van der Waals surface area contributed by atoms with Crippen LogP contribution in [0, 0.1) is 0 Å². The highest BCUT2D eigenvalue weighted by atomic mass is 35.5. The molecule has 1 aromatic heterocycles. The van der Waals surface area contributed by atoms with Crippen molar-refractivity contribution >= 4 is 34.8 Å². The van der Waals surface area contributed by atoms with Crippen LogP contribution < -0.4 is 9.47 Å². The summed E-state index contributed by atoms with van der Waals surface area (Å²) >= 11 is 7.26. The molecular formula is C15H13ClO3S. The van der Waals surface area contributed by atoms with Crippen LogP contribution in [0.4, 0.5) is 0 Å². The minimum atomic E-state index is -0.148. The smallest absolute Gasteiger partial charge is 0.189 e. The van der Waals surface area contributed by atoms with Crippen LogP contribution in [0.15, 0.2) is 36.4 Å². The molecule has 2 rings (SSSR count). The lowest BCUT2D eigenvalue weighted by Crippen LogP contribution is -1.99. The number of rotatable bonds is 5. The van der Waals surface area contributed by atoms with Gasteiger partial charge in [-0.3, -0.25) is 4.79 Å². The van der Waals surface area contributed by atoms with Crippen molar-refractivity contribution in [2.45, 2.75) is 0 Å². The number of hydrogen-bond donors (Lipinski definition) is 0. The van der Waals surface area contributed by atoms with Gasteiger partial charge >= 0.3 is 0 Å². The molecule has 0 unspecified atom stereocenters. The lowest BCUT2D eigenvalue weighted by atomic mass is 10.1. The molecule has 0 aliphatic rings. The largest absolute Gasteiger partial charge is 0.497 e. The van der Waals surface area contributed by atoms with Crippen molar-refractivity contribution in [2.24, 2.45) is 0 Å². The van der Waals surface area contributed by atoms with E-state index in [0.717, 1.165) is 4.88 Å². The average Bonchev–Trinajstić information content (AvgIpc) is 2.89. The number of methoxy groups -OCH3 is 2. The highest BCUT2D eigenvalue weighted by Crippen LogP contribution is 2.26. The van der Waals surface area contributed by atoms with Gasteiger partial charge in [0.1, 0.15) is 11.5 Å². The summed E-state index contributed by atoms with van der Waals surface area (Å²) < 4.78 is 11.0. The Bertz CT molecular complexity index is 646.